The average molecular weight is 317 g/mol. The van der Waals surface area contributed by atoms with Crippen LogP contribution in [0.5, 0.6) is 11.5 Å². The Hall–Kier alpha value is -1.52. The third kappa shape index (κ3) is 3.54. The predicted molar refractivity (Wildman–Crippen MR) is 90.9 cm³/mol. The van der Waals surface area contributed by atoms with E-state index in [0.717, 1.165) is 56.1 Å². The van der Waals surface area contributed by atoms with Crippen LogP contribution in [-0.2, 0) is 17.7 Å². The molecule has 2 aliphatic rings. The summed E-state index contributed by atoms with van der Waals surface area (Å²) < 4.78 is 11.3. The fourth-order valence-corrected chi connectivity index (χ4v) is 3.78. The molecule has 2 aliphatic heterocycles. The Kier molecular flexibility index (Phi) is 4.93. The summed E-state index contributed by atoms with van der Waals surface area (Å²) in [5, 5.41) is 10.6. The smallest absolute Gasteiger partial charge is 0.123 e. The molecule has 3 rings (SSSR count). The molecule has 0 aromatic heterocycles. The van der Waals surface area contributed by atoms with Gasteiger partial charge in [-0.2, -0.15) is 0 Å². The number of hydrogen-bond acceptors (Lipinski definition) is 4. The number of hydrogen-bond donors (Lipinski definition) is 1. The van der Waals surface area contributed by atoms with Gasteiger partial charge in [-0.15, -0.1) is 6.58 Å². The minimum atomic E-state index is 0.344. The van der Waals surface area contributed by atoms with Gasteiger partial charge < -0.3 is 14.6 Å². The largest absolute Gasteiger partial charge is 0.507 e. The summed E-state index contributed by atoms with van der Waals surface area (Å²) in [6.45, 7) is 11.0. The summed E-state index contributed by atoms with van der Waals surface area (Å²) in [5.74, 6) is 1.22. The van der Waals surface area contributed by atoms with E-state index in [-0.39, 0.29) is 0 Å². The van der Waals surface area contributed by atoms with Gasteiger partial charge in [0.15, 0.2) is 0 Å². The molecule has 4 nitrogen and oxygen atoms in total. The molecule has 0 bridgehead atoms. The normalized spacial score (nSPS) is 24.4. The molecule has 0 unspecified atom stereocenters. The van der Waals surface area contributed by atoms with Gasteiger partial charge in [0, 0.05) is 36.2 Å². The maximum Gasteiger partial charge on any atom is 0.123 e. The van der Waals surface area contributed by atoms with Gasteiger partial charge in [0.05, 0.1) is 13.2 Å². The first-order valence-electron chi connectivity index (χ1n) is 8.54. The van der Waals surface area contributed by atoms with Gasteiger partial charge in [0.2, 0.25) is 0 Å². The second kappa shape index (κ2) is 6.93. The number of aromatic hydroxyl groups is 1. The van der Waals surface area contributed by atoms with E-state index in [0.29, 0.717) is 24.2 Å². The predicted octanol–water partition coefficient (Wildman–Crippen LogP) is 3.13. The van der Waals surface area contributed by atoms with Crippen LogP contribution >= 0.6 is 0 Å². The molecule has 0 amide bonds. The van der Waals surface area contributed by atoms with Crippen LogP contribution < -0.4 is 4.74 Å². The Labute approximate surface area is 138 Å². The van der Waals surface area contributed by atoms with Gasteiger partial charge in [-0.25, -0.2) is 0 Å². The lowest BCUT2D eigenvalue weighted by Gasteiger charge is -2.23. The molecule has 2 heterocycles. The molecule has 4 heteroatoms. The van der Waals surface area contributed by atoms with Crippen molar-refractivity contribution in [1.82, 2.24) is 4.90 Å². The van der Waals surface area contributed by atoms with Gasteiger partial charge in [0.25, 0.3) is 0 Å². The minimum Gasteiger partial charge on any atom is -0.507 e. The number of likely N-dealkylation sites (tertiary alicyclic amines) is 1. The molecule has 0 radical (unpaired) electrons. The van der Waals surface area contributed by atoms with E-state index in [2.05, 4.69) is 11.5 Å². The zero-order chi connectivity index (χ0) is 16.3. The van der Waals surface area contributed by atoms with Gasteiger partial charge >= 0.3 is 0 Å². The van der Waals surface area contributed by atoms with Crippen LogP contribution in [0.25, 0.3) is 0 Å². The SMILES string of the molecule is C=CCc1cc(OCC)cc(CN2CC[C@@]3(CCOC3)C2)c1O. The first kappa shape index (κ1) is 16.3. The van der Waals surface area contributed by atoms with Crippen LogP contribution in [0.1, 0.15) is 30.9 Å². The molecule has 1 N–H and O–H groups in total. The van der Waals surface area contributed by atoms with Gasteiger partial charge in [-0.3, -0.25) is 4.90 Å². The highest BCUT2D eigenvalue weighted by Crippen LogP contribution is 2.39. The third-order valence-electron chi connectivity index (χ3n) is 5.01. The average Bonchev–Trinajstić information content (AvgIpc) is 3.15. The summed E-state index contributed by atoms with van der Waals surface area (Å²) >= 11 is 0. The number of allylic oxidation sites excluding steroid dienone is 1. The lowest BCUT2D eigenvalue weighted by molar-refractivity contribution is 0.151. The minimum absolute atomic E-state index is 0.344. The molecule has 23 heavy (non-hydrogen) atoms. The number of nitrogens with zero attached hydrogens (tertiary/aromatic N) is 1. The summed E-state index contributed by atoms with van der Waals surface area (Å²) in [7, 11) is 0. The van der Waals surface area contributed by atoms with Crippen molar-refractivity contribution in [3.8, 4) is 11.5 Å². The molecule has 1 aromatic carbocycles. The first-order chi connectivity index (χ1) is 11.2. The molecule has 2 fully saturated rings. The Balaban J connectivity index is 1.77. The van der Waals surface area contributed by atoms with Crippen molar-refractivity contribution in [3.63, 3.8) is 0 Å². The van der Waals surface area contributed by atoms with E-state index in [1.165, 1.54) is 6.42 Å². The molecule has 0 aliphatic carbocycles. The number of phenolic OH excluding ortho intramolecular Hbond substituents is 1. The summed E-state index contributed by atoms with van der Waals surface area (Å²) in [5.41, 5.74) is 2.18. The Morgan fingerprint density at radius 2 is 2.22 bits per heavy atom. The zero-order valence-electron chi connectivity index (χ0n) is 14.0. The van der Waals surface area contributed by atoms with Crippen molar-refractivity contribution < 1.29 is 14.6 Å². The van der Waals surface area contributed by atoms with Crippen LogP contribution in [0.3, 0.4) is 0 Å². The molecular formula is C19H27NO3. The first-order valence-corrected chi connectivity index (χ1v) is 8.54. The molecule has 1 atom stereocenters. The fraction of sp³-hybridized carbons (Fsp3) is 0.579. The van der Waals surface area contributed by atoms with Gasteiger partial charge in [-0.1, -0.05) is 6.08 Å². The maximum absolute atomic E-state index is 10.6. The highest BCUT2D eigenvalue weighted by Gasteiger charge is 2.41. The summed E-state index contributed by atoms with van der Waals surface area (Å²) in [6, 6.07) is 3.89. The molecule has 1 aromatic rings. The third-order valence-corrected chi connectivity index (χ3v) is 5.01. The van der Waals surface area contributed by atoms with Crippen LogP contribution in [0, 0.1) is 5.41 Å². The quantitative estimate of drug-likeness (QED) is 0.819. The molecule has 1 spiro atoms. The molecular weight excluding hydrogens is 290 g/mol. The van der Waals surface area contributed by atoms with E-state index < -0.39 is 0 Å². The Bertz CT molecular complexity index is 564. The van der Waals surface area contributed by atoms with E-state index in [9.17, 15) is 5.11 Å². The Morgan fingerprint density at radius 1 is 1.39 bits per heavy atom. The van der Waals surface area contributed by atoms with Crippen LogP contribution in [0.15, 0.2) is 24.8 Å². The number of ether oxygens (including phenoxy) is 2. The van der Waals surface area contributed by atoms with Crippen molar-refractivity contribution in [1.29, 1.82) is 0 Å². The fourth-order valence-electron chi connectivity index (χ4n) is 3.78. The monoisotopic (exact) mass is 317 g/mol. The number of rotatable bonds is 6. The van der Waals surface area contributed by atoms with E-state index in [1.54, 1.807) is 0 Å². The lowest BCUT2D eigenvalue weighted by Crippen LogP contribution is -2.27. The second-order valence-electron chi connectivity index (χ2n) is 6.78. The van der Waals surface area contributed by atoms with Crippen LogP contribution in [0.4, 0.5) is 0 Å². The summed E-state index contributed by atoms with van der Waals surface area (Å²) in [4.78, 5) is 2.43. The standard InChI is InChI=1S/C19H27NO3/c1-3-5-15-10-17(23-4-2)11-16(18(15)21)12-20-8-6-19(13-20)7-9-22-14-19/h3,10-11,21H,1,4-9,12-14H2,2H3/t19-/m1/s1. The van der Waals surface area contributed by atoms with Crippen molar-refractivity contribution >= 4 is 0 Å². The highest BCUT2D eigenvalue weighted by atomic mass is 16.5. The van der Waals surface area contributed by atoms with Crippen LogP contribution in [0.2, 0.25) is 0 Å². The van der Waals surface area contributed by atoms with E-state index in [4.69, 9.17) is 9.47 Å². The van der Waals surface area contributed by atoms with E-state index >= 15 is 0 Å². The highest BCUT2D eigenvalue weighted by molar-refractivity contribution is 5.47. The van der Waals surface area contributed by atoms with Crippen molar-refractivity contribution in [2.45, 2.75) is 32.7 Å². The van der Waals surface area contributed by atoms with Crippen molar-refractivity contribution in [2.24, 2.45) is 5.41 Å². The topological polar surface area (TPSA) is 41.9 Å². The zero-order valence-corrected chi connectivity index (χ0v) is 14.0. The molecule has 2 saturated heterocycles. The Morgan fingerprint density at radius 3 is 2.91 bits per heavy atom. The van der Waals surface area contributed by atoms with Crippen LogP contribution in [-0.4, -0.2) is 42.9 Å². The lowest BCUT2D eigenvalue weighted by atomic mass is 9.87. The second-order valence-corrected chi connectivity index (χ2v) is 6.78. The molecule has 0 saturated carbocycles. The molecule has 126 valence electrons. The number of benzene rings is 1. The van der Waals surface area contributed by atoms with Gasteiger partial charge in [0.1, 0.15) is 11.5 Å². The number of phenols is 1. The summed E-state index contributed by atoms with van der Waals surface area (Å²) in [6.07, 6.45) is 4.82. The van der Waals surface area contributed by atoms with Crippen molar-refractivity contribution in [3.05, 3.63) is 35.9 Å². The van der Waals surface area contributed by atoms with Crippen molar-refractivity contribution in [2.75, 3.05) is 32.9 Å². The van der Waals surface area contributed by atoms with E-state index in [1.807, 2.05) is 25.1 Å². The van der Waals surface area contributed by atoms with Gasteiger partial charge in [-0.05, 0) is 44.9 Å². The maximum atomic E-state index is 10.6.